The smallest absolute Gasteiger partial charge is 0.410 e. The van der Waals surface area contributed by atoms with Gasteiger partial charge < -0.3 is 44.9 Å². The molecule has 3 aliphatic heterocycles. The number of nitrogens with zero attached hydrogens (tertiary/aromatic N) is 1. The molecule has 0 aromatic carbocycles. The van der Waals surface area contributed by atoms with Gasteiger partial charge in [-0.25, -0.2) is 4.79 Å². The predicted octanol–water partition coefficient (Wildman–Crippen LogP) is 4.34. The highest BCUT2D eigenvalue weighted by Gasteiger charge is 2.47. The molecule has 0 bridgehead atoms. The molecule has 50 heavy (non-hydrogen) atoms. The van der Waals surface area contributed by atoms with Gasteiger partial charge in [0.2, 0.25) is 0 Å². The maximum absolute atomic E-state index is 13.4. The van der Waals surface area contributed by atoms with E-state index in [1.54, 1.807) is 49.1 Å². The lowest BCUT2D eigenvalue weighted by atomic mass is 9.88. The van der Waals surface area contributed by atoms with E-state index < -0.39 is 59.6 Å². The number of amides is 1. The first-order valence-electron chi connectivity index (χ1n) is 18.3. The summed E-state index contributed by atoms with van der Waals surface area (Å²) in [4.78, 5) is 40.4. The van der Waals surface area contributed by atoms with Crippen molar-refractivity contribution < 1.29 is 48.7 Å². The van der Waals surface area contributed by atoms with Crippen LogP contribution in [-0.4, -0.2) is 106 Å². The van der Waals surface area contributed by atoms with E-state index in [0.717, 1.165) is 19.3 Å². The monoisotopic (exact) mass is 706 g/mol. The van der Waals surface area contributed by atoms with Crippen LogP contribution in [-0.2, 0) is 28.5 Å². The lowest BCUT2D eigenvalue weighted by Gasteiger charge is -2.38. The van der Waals surface area contributed by atoms with Crippen LogP contribution in [0.1, 0.15) is 99.8 Å². The van der Waals surface area contributed by atoms with Gasteiger partial charge in [0.25, 0.3) is 0 Å². The summed E-state index contributed by atoms with van der Waals surface area (Å²) < 4.78 is 23.5. The van der Waals surface area contributed by atoms with Crippen molar-refractivity contribution >= 4 is 18.0 Å². The third-order valence-corrected chi connectivity index (χ3v) is 10.4. The zero-order valence-electron chi connectivity index (χ0n) is 31.1. The summed E-state index contributed by atoms with van der Waals surface area (Å²) in [5.74, 6) is -1.12. The van der Waals surface area contributed by atoms with Crippen LogP contribution < -0.4 is 5.73 Å². The summed E-state index contributed by atoms with van der Waals surface area (Å²) in [6, 6.07) is 0. The van der Waals surface area contributed by atoms with Crippen molar-refractivity contribution in [2.24, 2.45) is 23.5 Å². The molecule has 3 heterocycles. The number of cyclic esters (lactones) is 1. The van der Waals surface area contributed by atoms with Gasteiger partial charge in [-0.1, -0.05) is 45.1 Å². The Labute approximate surface area is 298 Å². The number of likely N-dealkylation sites (tertiary alicyclic amines) is 1. The zero-order chi connectivity index (χ0) is 37.2. The number of nitrogens with two attached hydrogens (primary N) is 1. The molecule has 0 spiro atoms. The number of epoxide rings is 1. The van der Waals surface area contributed by atoms with Crippen molar-refractivity contribution in [2.75, 3.05) is 19.6 Å². The first-order valence-corrected chi connectivity index (χ1v) is 18.3. The van der Waals surface area contributed by atoms with Crippen molar-refractivity contribution in [2.45, 2.75) is 148 Å². The Morgan fingerprint density at radius 3 is 2.52 bits per heavy atom. The lowest BCUT2D eigenvalue weighted by Crippen LogP contribution is -2.49. The molecule has 0 aromatic rings. The first-order chi connectivity index (χ1) is 23.5. The lowest BCUT2D eigenvalue weighted by molar-refractivity contribution is -0.168. The maximum Gasteiger partial charge on any atom is 0.410 e. The largest absolute Gasteiger partial charge is 0.457 e. The van der Waals surface area contributed by atoms with Crippen molar-refractivity contribution in [3.63, 3.8) is 0 Å². The molecule has 10 atom stereocenters. The van der Waals surface area contributed by atoms with E-state index in [9.17, 15) is 29.7 Å². The van der Waals surface area contributed by atoms with E-state index in [1.807, 2.05) is 27.7 Å². The number of carbonyl (C=O) groups is 3. The molecule has 12 heteroatoms. The van der Waals surface area contributed by atoms with E-state index >= 15 is 0 Å². The third-order valence-electron chi connectivity index (χ3n) is 10.4. The Kier molecular flexibility index (Phi) is 15.5. The fraction of sp³-hybridized carbons (Fsp3) is 0.763. The van der Waals surface area contributed by atoms with Crippen molar-refractivity contribution in [3.8, 4) is 0 Å². The molecule has 0 aliphatic carbocycles. The third kappa shape index (κ3) is 12.5. The molecule has 12 nitrogen and oxygen atoms in total. The molecular weight excluding hydrogens is 644 g/mol. The Balaban J connectivity index is 1.81. The van der Waals surface area contributed by atoms with Gasteiger partial charge in [0.1, 0.15) is 11.7 Å². The normalized spacial score (nSPS) is 33.3. The highest BCUT2D eigenvalue weighted by molar-refractivity contribution is 5.71. The molecule has 3 rings (SSSR count). The molecule has 0 aromatic heterocycles. The quantitative estimate of drug-likeness (QED) is 0.0745. The number of hydrogen-bond donors (Lipinski definition) is 4. The number of aliphatic hydroxyl groups is 3. The van der Waals surface area contributed by atoms with E-state index in [2.05, 4.69) is 0 Å². The number of rotatable bonds is 12. The van der Waals surface area contributed by atoms with E-state index in [1.165, 1.54) is 6.92 Å². The second kappa shape index (κ2) is 18.6. The van der Waals surface area contributed by atoms with Crippen molar-refractivity contribution in [1.29, 1.82) is 0 Å². The highest BCUT2D eigenvalue weighted by Crippen LogP contribution is 2.38. The fourth-order valence-corrected chi connectivity index (χ4v) is 7.05. The summed E-state index contributed by atoms with van der Waals surface area (Å²) in [5.41, 5.74) is 3.93. The minimum atomic E-state index is -1.31. The second-order valence-corrected chi connectivity index (χ2v) is 15.1. The zero-order valence-corrected chi connectivity index (χ0v) is 31.1. The summed E-state index contributed by atoms with van der Waals surface area (Å²) in [6.07, 6.45) is 8.12. The predicted molar refractivity (Wildman–Crippen MR) is 189 cm³/mol. The van der Waals surface area contributed by atoms with Crippen molar-refractivity contribution in [1.82, 2.24) is 4.90 Å². The molecule has 3 aliphatic rings. The topological polar surface area (TPSA) is 181 Å². The molecule has 0 unspecified atom stereocenters. The molecule has 2 saturated heterocycles. The van der Waals surface area contributed by atoms with Crippen LogP contribution in [0.2, 0.25) is 0 Å². The van der Waals surface area contributed by atoms with Crippen molar-refractivity contribution in [3.05, 3.63) is 36.0 Å². The number of ether oxygens (including phenoxy) is 4. The fourth-order valence-electron chi connectivity index (χ4n) is 7.05. The summed E-state index contributed by atoms with van der Waals surface area (Å²) in [7, 11) is 0. The van der Waals surface area contributed by atoms with E-state index in [-0.39, 0.29) is 37.4 Å². The summed E-state index contributed by atoms with van der Waals surface area (Å²) in [5, 5.41) is 32.0. The highest BCUT2D eigenvalue weighted by atomic mass is 16.6. The Bertz CT molecular complexity index is 1230. The maximum atomic E-state index is 13.4. The average Bonchev–Trinajstić information content (AvgIpc) is 3.81. The molecule has 2 fully saturated rings. The summed E-state index contributed by atoms with van der Waals surface area (Å²) in [6.45, 7) is 13.9. The van der Waals surface area contributed by atoms with Crippen LogP contribution in [0.25, 0.3) is 0 Å². The first kappa shape index (κ1) is 41.6. The SMILES string of the molecule is CC[C@H](O)[C@@H](C)[C@H]1O[C@@H]1C[C@@](C)(O)/C=C/C=C(\C)[C@H]1OC(=O)C[C@H](O)CC[C@@](C)(OC(C)=O)[C@@H](OC(=O)N2CCC(CCN)CC2)/C=C/[C@@H]1C. The minimum absolute atomic E-state index is 0.0234. The molecule has 5 N–H and O–H groups in total. The number of hydrogen-bond acceptors (Lipinski definition) is 11. The Morgan fingerprint density at radius 1 is 1.22 bits per heavy atom. The van der Waals surface area contributed by atoms with Crippen LogP contribution in [0.3, 0.4) is 0 Å². The number of piperidine rings is 1. The van der Waals surface area contributed by atoms with Gasteiger partial charge in [0.15, 0.2) is 6.10 Å². The standard InChI is InChI=1S/C38H62N2O10/c1-8-30(43)26(4)35-31(47-35)23-37(6,46)17-9-10-24(2)34-25(3)11-12-32(48-36(45)40-20-15-28(14-19-39)16-21-40)38(7,50-27(5)41)18-13-29(42)22-33(44)49-34/h9-12,17,25-26,28-32,34-35,42-43,46H,8,13-16,18-23,39H2,1-7H3/b12-11+,17-9+,24-10+/t25-,26+,29+,30-,31+,32-,34+,35+,37-,38+/m0/s1. The van der Waals surface area contributed by atoms with Gasteiger partial charge in [0, 0.05) is 38.3 Å². The molecule has 0 saturated carbocycles. The number of esters is 2. The number of carbonyl (C=O) groups excluding carboxylic acids is 3. The van der Waals surface area contributed by atoms with Gasteiger partial charge in [-0.05, 0) is 83.4 Å². The van der Waals surface area contributed by atoms with Crippen LogP contribution >= 0.6 is 0 Å². The number of allylic oxidation sites excluding steroid dienone is 2. The molecular formula is C38H62N2O10. The minimum Gasteiger partial charge on any atom is -0.457 e. The number of aliphatic hydroxyl groups excluding tert-OH is 2. The summed E-state index contributed by atoms with van der Waals surface area (Å²) >= 11 is 0. The van der Waals surface area contributed by atoms with Gasteiger partial charge in [-0.15, -0.1) is 0 Å². The molecule has 0 radical (unpaired) electrons. The van der Waals surface area contributed by atoms with Crippen LogP contribution in [0, 0.1) is 17.8 Å². The van der Waals surface area contributed by atoms with Gasteiger partial charge in [0.05, 0.1) is 36.4 Å². The second-order valence-electron chi connectivity index (χ2n) is 15.1. The van der Waals surface area contributed by atoms with Crippen LogP contribution in [0.5, 0.6) is 0 Å². The molecule has 284 valence electrons. The van der Waals surface area contributed by atoms with Gasteiger partial charge in [-0.2, -0.15) is 0 Å². The average molecular weight is 707 g/mol. The molecule has 1 amide bonds. The van der Waals surface area contributed by atoms with Gasteiger partial charge in [-0.3, -0.25) is 9.59 Å². The Morgan fingerprint density at radius 2 is 1.90 bits per heavy atom. The van der Waals surface area contributed by atoms with Crippen LogP contribution in [0.15, 0.2) is 36.0 Å². The van der Waals surface area contributed by atoms with Gasteiger partial charge >= 0.3 is 18.0 Å². The van der Waals surface area contributed by atoms with E-state index in [4.69, 9.17) is 24.7 Å². The Hall–Kier alpha value is -2.77. The van der Waals surface area contributed by atoms with E-state index in [0.29, 0.717) is 44.0 Å². The van der Waals surface area contributed by atoms with Crippen LogP contribution in [0.4, 0.5) is 4.79 Å².